The quantitative estimate of drug-likeness (QED) is 0.670. The summed E-state index contributed by atoms with van der Waals surface area (Å²) in [5.74, 6) is -0.628. The third-order valence-electron chi connectivity index (χ3n) is 4.27. The lowest BCUT2D eigenvalue weighted by atomic mass is 10.0. The highest BCUT2D eigenvalue weighted by molar-refractivity contribution is 8.00. The first-order valence-electron chi connectivity index (χ1n) is 8.29. The number of nitrogens with one attached hydrogen (secondary N) is 2. The molecule has 1 aliphatic heterocycles. The van der Waals surface area contributed by atoms with Gasteiger partial charge in [0, 0.05) is 5.69 Å². The molecule has 2 aromatic carbocycles. The summed E-state index contributed by atoms with van der Waals surface area (Å²) in [5.41, 5.74) is 4.32. The molecule has 1 amide bonds. The van der Waals surface area contributed by atoms with Crippen LogP contribution in [0.2, 0.25) is 5.02 Å². The lowest BCUT2D eigenvalue weighted by Gasteiger charge is -2.32. The second-order valence-electron chi connectivity index (χ2n) is 6.18. The standard InChI is InChI=1S/C18H14ClF2N5OS/c1-9-23-24-18-26(9)25-15(10-2-4-11(20)5-3-10)16(28-18)17(27)22-12-6-7-14(21)13(19)8-12/h2-8,15-16,25H,1H3,(H,22,27). The fourth-order valence-corrected chi connectivity index (χ4v) is 4.17. The van der Waals surface area contributed by atoms with Crippen molar-refractivity contribution < 1.29 is 13.6 Å². The molecule has 2 N–H and O–H groups in total. The molecule has 0 radical (unpaired) electrons. The predicted molar refractivity (Wildman–Crippen MR) is 103 cm³/mol. The van der Waals surface area contributed by atoms with E-state index in [0.29, 0.717) is 16.7 Å². The van der Waals surface area contributed by atoms with Crippen molar-refractivity contribution in [3.63, 3.8) is 0 Å². The maximum atomic E-state index is 13.4. The number of aryl methyl sites for hydroxylation is 1. The van der Waals surface area contributed by atoms with Gasteiger partial charge < -0.3 is 10.7 Å². The molecule has 0 spiro atoms. The van der Waals surface area contributed by atoms with Gasteiger partial charge in [-0.1, -0.05) is 35.5 Å². The smallest absolute Gasteiger partial charge is 0.240 e. The van der Waals surface area contributed by atoms with Crippen LogP contribution in [0.3, 0.4) is 0 Å². The Morgan fingerprint density at radius 1 is 1.21 bits per heavy atom. The molecule has 0 bridgehead atoms. The number of carbonyl (C=O) groups excluding carboxylic acids is 1. The maximum Gasteiger partial charge on any atom is 0.240 e. The highest BCUT2D eigenvalue weighted by atomic mass is 35.5. The van der Waals surface area contributed by atoms with E-state index in [9.17, 15) is 13.6 Å². The molecule has 144 valence electrons. The number of anilines is 1. The van der Waals surface area contributed by atoms with E-state index >= 15 is 0 Å². The largest absolute Gasteiger partial charge is 0.325 e. The van der Waals surface area contributed by atoms with Crippen molar-refractivity contribution in [1.82, 2.24) is 14.9 Å². The van der Waals surface area contributed by atoms with E-state index < -0.39 is 17.1 Å². The van der Waals surface area contributed by atoms with Gasteiger partial charge in [-0.25, -0.2) is 13.5 Å². The van der Waals surface area contributed by atoms with Gasteiger partial charge in [0.1, 0.15) is 22.7 Å². The number of carbonyl (C=O) groups is 1. The topological polar surface area (TPSA) is 71.8 Å². The molecule has 3 aromatic rings. The Labute approximate surface area is 168 Å². The van der Waals surface area contributed by atoms with E-state index in [2.05, 4.69) is 20.9 Å². The first kappa shape index (κ1) is 18.7. The first-order valence-corrected chi connectivity index (χ1v) is 9.55. The van der Waals surface area contributed by atoms with Gasteiger partial charge in [0.2, 0.25) is 11.1 Å². The number of amides is 1. The van der Waals surface area contributed by atoms with Crippen molar-refractivity contribution in [1.29, 1.82) is 0 Å². The third-order valence-corrected chi connectivity index (χ3v) is 5.78. The molecule has 2 unspecified atom stereocenters. The predicted octanol–water partition coefficient (Wildman–Crippen LogP) is 3.92. The zero-order valence-electron chi connectivity index (χ0n) is 14.5. The summed E-state index contributed by atoms with van der Waals surface area (Å²) in [6.45, 7) is 1.78. The maximum absolute atomic E-state index is 13.4. The second-order valence-corrected chi connectivity index (χ2v) is 7.70. The Bertz CT molecular complexity index is 1040. The zero-order valence-corrected chi connectivity index (χ0v) is 16.1. The fraction of sp³-hybridized carbons (Fsp3) is 0.167. The summed E-state index contributed by atoms with van der Waals surface area (Å²) >= 11 is 7.02. The second kappa shape index (κ2) is 7.40. The summed E-state index contributed by atoms with van der Waals surface area (Å²) in [7, 11) is 0. The molecular formula is C18H14ClF2N5OS. The monoisotopic (exact) mass is 421 g/mol. The summed E-state index contributed by atoms with van der Waals surface area (Å²) in [5, 5.41) is 10.6. The molecule has 28 heavy (non-hydrogen) atoms. The average Bonchev–Trinajstić information content (AvgIpc) is 3.04. The van der Waals surface area contributed by atoms with E-state index in [0.717, 1.165) is 5.56 Å². The number of fused-ring (bicyclic) bond motifs is 1. The van der Waals surface area contributed by atoms with Crippen LogP contribution in [0.1, 0.15) is 17.4 Å². The van der Waals surface area contributed by atoms with E-state index in [1.807, 2.05) is 0 Å². The SMILES string of the molecule is Cc1nnc2n1NC(c1ccc(F)cc1)C(C(=O)Nc1ccc(F)c(Cl)c1)S2. The van der Waals surface area contributed by atoms with Gasteiger partial charge in [0.25, 0.3) is 0 Å². The molecule has 0 saturated carbocycles. The number of hydrogen-bond acceptors (Lipinski definition) is 5. The van der Waals surface area contributed by atoms with Crippen LogP contribution in [0.5, 0.6) is 0 Å². The van der Waals surface area contributed by atoms with Crippen LogP contribution in [0.25, 0.3) is 0 Å². The Morgan fingerprint density at radius 3 is 2.68 bits per heavy atom. The number of thioether (sulfide) groups is 1. The minimum absolute atomic E-state index is 0.0855. The minimum atomic E-state index is -0.634. The van der Waals surface area contributed by atoms with Crippen molar-refractivity contribution in [2.24, 2.45) is 0 Å². The van der Waals surface area contributed by atoms with Crippen molar-refractivity contribution in [3.8, 4) is 0 Å². The van der Waals surface area contributed by atoms with E-state index in [4.69, 9.17) is 11.6 Å². The number of rotatable bonds is 3. The van der Waals surface area contributed by atoms with Gasteiger partial charge in [-0.15, -0.1) is 10.2 Å². The van der Waals surface area contributed by atoms with Crippen molar-refractivity contribution in [3.05, 3.63) is 70.5 Å². The number of hydrogen-bond donors (Lipinski definition) is 2. The normalized spacial score (nSPS) is 18.3. The molecule has 1 aromatic heterocycles. The van der Waals surface area contributed by atoms with Crippen LogP contribution in [-0.2, 0) is 4.79 Å². The van der Waals surface area contributed by atoms with Crippen LogP contribution >= 0.6 is 23.4 Å². The lowest BCUT2D eigenvalue weighted by Crippen LogP contribution is -2.41. The van der Waals surface area contributed by atoms with Crippen LogP contribution in [0.15, 0.2) is 47.6 Å². The Kier molecular flexibility index (Phi) is 4.94. The van der Waals surface area contributed by atoms with Gasteiger partial charge in [-0.05, 0) is 42.8 Å². The van der Waals surface area contributed by atoms with Crippen LogP contribution in [0.4, 0.5) is 14.5 Å². The van der Waals surface area contributed by atoms with E-state index in [1.165, 1.54) is 42.1 Å². The molecule has 6 nitrogen and oxygen atoms in total. The van der Waals surface area contributed by atoms with Gasteiger partial charge >= 0.3 is 0 Å². The van der Waals surface area contributed by atoms with Gasteiger partial charge in [0.05, 0.1) is 11.1 Å². The number of aromatic nitrogens is 3. The van der Waals surface area contributed by atoms with E-state index in [-0.39, 0.29) is 16.7 Å². The number of halogens is 3. The molecule has 10 heteroatoms. The number of benzene rings is 2. The van der Waals surface area contributed by atoms with Crippen LogP contribution < -0.4 is 10.7 Å². The van der Waals surface area contributed by atoms with Crippen molar-refractivity contribution in [2.75, 3.05) is 10.7 Å². The van der Waals surface area contributed by atoms with Gasteiger partial charge in [-0.2, -0.15) is 0 Å². The molecule has 0 aliphatic carbocycles. The highest BCUT2D eigenvalue weighted by Crippen LogP contribution is 2.37. The third kappa shape index (κ3) is 3.55. The molecular weight excluding hydrogens is 408 g/mol. The molecule has 4 rings (SSSR count). The summed E-state index contributed by atoms with van der Waals surface area (Å²) in [6.07, 6.45) is 0. The lowest BCUT2D eigenvalue weighted by molar-refractivity contribution is -0.116. The average molecular weight is 422 g/mol. The highest BCUT2D eigenvalue weighted by Gasteiger charge is 2.37. The first-order chi connectivity index (χ1) is 13.4. The molecule has 2 atom stereocenters. The summed E-state index contributed by atoms with van der Waals surface area (Å²) in [6, 6.07) is 9.40. The number of nitrogens with zero attached hydrogens (tertiary/aromatic N) is 3. The molecule has 0 fully saturated rings. The minimum Gasteiger partial charge on any atom is -0.325 e. The summed E-state index contributed by atoms with van der Waals surface area (Å²) in [4.78, 5) is 13.0. The van der Waals surface area contributed by atoms with Crippen molar-refractivity contribution >= 4 is 35.0 Å². The fourth-order valence-electron chi connectivity index (χ4n) is 2.87. The van der Waals surface area contributed by atoms with E-state index in [1.54, 1.807) is 23.7 Å². The molecule has 2 heterocycles. The zero-order chi connectivity index (χ0) is 19.8. The van der Waals surface area contributed by atoms with Gasteiger partial charge in [0.15, 0.2) is 0 Å². The molecule has 0 saturated heterocycles. The van der Waals surface area contributed by atoms with Crippen LogP contribution in [-0.4, -0.2) is 26.0 Å². The Hall–Kier alpha value is -2.65. The Balaban J connectivity index is 1.65. The molecule has 1 aliphatic rings. The summed E-state index contributed by atoms with van der Waals surface area (Å²) < 4.78 is 28.4. The van der Waals surface area contributed by atoms with Gasteiger partial charge in [-0.3, -0.25) is 4.79 Å². The Morgan fingerprint density at radius 2 is 1.96 bits per heavy atom. The van der Waals surface area contributed by atoms with Crippen molar-refractivity contribution in [2.45, 2.75) is 23.4 Å². The van der Waals surface area contributed by atoms with Crippen LogP contribution in [0, 0.1) is 18.6 Å².